The lowest BCUT2D eigenvalue weighted by atomic mass is 10.2. The maximum absolute atomic E-state index is 5.87. The van der Waals surface area contributed by atoms with Gasteiger partial charge in [0.2, 0.25) is 0 Å². The summed E-state index contributed by atoms with van der Waals surface area (Å²) in [4.78, 5) is 2.29. The molecule has 1 saturated heterocycles. The van der Waals surface area contributed by atoms with Crippen LogP contribution in [0.25, 0.3) is 0 Å². The largest absolute Gasteiger partial charge is 0.489 e. The van der Waals surface area contributed by atoms with Gasteiger partial charge in [-0.25, -0.2) is 0 Å². The van der Waals surface area contributed by atoms with Crippen molar-refractivity contribution in [1.82, 2.24) is 5.32 Å². The molecule has 18 heavy (non-hydrogen) atoms. The van der Waals surface area contributed by atoms with Crippen molar-refractivity contribution in [3.63, 3.8) is 0 Å². The molecule has 0 aliphatic carbocycles. The Balaban J connectivity index is 2.05. The molecule has 100 valence electrons. The second-order valence-corrected chi connectivity index (χ2v) is 5.31. The Hall–Kier alpha value is -1.22. The first-order valence-electron chi connectivity index (χ1n) is 6.87. The minimum atomic E-state index is 0.212. The zero-order valence-electron chi connectivity index (χ0n) is 11.6. The van der Waals surface area contributed by atoms with Crippen molar-refractivity contribution < 1.29 is 4.74 Å². The van der Waals surface area contributed by atoms with E-state index in [0.717, 1.165) is 18.8 Å². The maximum Gasteiger partial charge on any atom is 0.142 e. The van der Waals surface area contributed by atoms with Gasteiger partial charge < -0.3 is 15.0 Å². The molecule has 1 fully saturated rings. The average Bonchev–Trinajstić information content (AvgIpc) is 2.81. The van der Waals surface area contributed by atoms with Crippen LogP contribution in [0, 0.1) is 0 Å². The number of ether oxygens (including phenoxy) is 1. The minimum Gasteiger partial charge on any atom is -0.489 e. The van der Waals surface area contributed by atoms with Crippen LogP contribution in [0.4, 0.5) is 5.69 Å². The van der Waals surface area contributed by atoms with Crippen molar-refractivity contribution in [3.8, 4) is 5.75 Å². The molecule has 0 aromatic heterocycles. The second kappa shape index (κ2) is 6.10. The van der Waals surface area contributed by atoms with E-state index in [-0.39, 0.29) is 6.10 Å². The number of para-hydroxylation sites is 2. The molecule has 3 nitrogen and oxygen atoms in total. The number of nitrogens with zero attached hydrogens (tertiary/aromatic N) is 1. The van der Waals surface area contributed by atoms with Crippen LogP contribution in [0.3, 0.4) is 0 Å². The zero-order chi connectivity index (χ0) is 13.0. The fourth-order valence-corrected chi connectivity index (χ4v) is 2.47. The molecule has 1 aromatic rings. The molecule has 1 N–H and O–H groups in total. The third-order valence-corrected chi connectivity index (χ3v) is 3.30. The fourth-order valence-electron chi connectivity index (χ4n) is 2.47. The highest BCUT2D eigenvalue weighted by Gasteiger charge is 2.17. The first-order valence-corrected chi connectivity index (χ1v) is 6.87. The maximum atomic E-state index is 5.87. The molecule has 0 saturated carbocycles. The number of rotatable bonds is 5. The molecular weight excluding hydrogens is 224 g/mol. The van der Waals surface area contributed by atoms with Crippen LogP contribution in [0.1, 0.15) is 26.7 Å². The van der Waals surface area contributed by atoms with E-state index in [0.29, 0.717) is 6.04 Å². The smallest absolute Gasteiger partial charge is 0.142 e. The molecule has 1 aliphatic rings. The van der Waals surface area contributed by atoms with Crippen LogP contribution in [0.2, 0.25) is 0 Å². The SMILES string of the molecule is CC(C)Oc1ccccc1N(C)CC1CCCN1. The van der Waals surface area contributed by atoms with Gasteiger partial charge in [0.05, 0.1) is 11.8 Å². The molecule has 1 atom stereocenters. The molecule has 0 radical (unpaired) electrons. The summed E-state index contributed by atoms with van der Waals surface area (Å²) >= 11 is 0. The Bertz CT molecular complexity index is 373. The van der Waals surface area contributed by atoms with Crippen molar-refractivity contribution >= 4 is 5.69 Å². The van der Waals surface area contributed by atoms with Gasteiger partial charge >= 0.3 is 0 Å². The van der Waals surface area contributed by atoms with Gasteiger partial charge in [0.25, 0.3) is 0 Å². The van der Waals surface area contributed by atoms with Crippen molar-refractivity contribution in [2.24, 2.45) is 0 Å². The van der Waals surface area contributed by atoms with Crippen molar-refractivity contribution in [2.45, 2.75) is 38.8 Å². The number of likely N-dealkylation sites (N-methyl/N-ethyl adjacent to an activating group) is 1. The fraction of sp³-hybridized carbons (Fsp3) is 0.600. The van der Waals surface area contributed by atoms with Gasteiger partial charge in [0.15, 0.2) is 0 Å². The summed E-state index contributed by atoms with van der Waals surface area (Å²) in [6, 6.07) is 8.90. The van der Waals surface area contributed by atoms with E-state index in [1.807, 2.05) is 12.1 Å². The minimum absolute atomic E-state index is 0.212. The predicted octanol–water partition coefficient (Wildman–Crippen LogP) is 2.66. The summed E-state index contributed by atoms with van der Waals surface area (Å²) in [5.41, 5.74) is 1.18. The number of benzene rings is 1. The molecule has 0 bridgehead atoms. The van der Waals surface area contributed by atoms with Crippen LogP contribution in [0.15, 0.2) is 24.3 Å². The second-order valence-electron chi connectivity index (χ2n) is 5.31. The van der Waals surface area contributed by atoms with Crippen LogP contribution < -0.4 is 15.0 Å². The summed E-state index contributed by atoms with van der Waals surface area (Å²) in [6.45, 7) is 6.33. The monoisotopic (exact) mass is 248 g/mol. The van der Waals surface area contributed by atoms with E-state index in [1.165, 1.54) is 18.5 Å². The number of nitrogens with one attached hydrogen (secondary N) is 1. The van der Waals surface area contributed by atoms with E-state index in [4.69, 9.17) is 4.74 Å². The summed E-state index contributed by atoms with van der Waals surface area (Å²) in [5.74, 6) is 0.980. The molecular formula is C15H24N2O. The summed E-state index contributed by atoms with van der Waals surface area (Å²) in [6.07, 6.45) is 2.78. The molecule has 1 aliphatic heterocycles. The Morgan fingerprint density at radius 1 is 1.39 bits per heavy atom. The molecule has 1 unspecified atom stereocenters. The standard InChI is InChI=1S/C15H24N2O/c1-12(2)18-15-9-5-4-8-14(15)17(3)11-13-7-6-10-16-13/h4-5,8-9,12-13,16H,6-7,10-11H2,1-3H3. The third kappa shape index (κ3) is 3.39. The van der Waals surface area contributed by atoms with E-state index in [9.17, 15) is 0 Å². The third-order valence-electron chi connectivity index (χ3n) is 3.30. The highest BCUT2D eigenvalue weighted by atomic mass is 16.5. The zero-order valence-corrected chi connectivity index (χ0v) is 11.6. The summed E-state index contributed by atoms with van der Waals surface area (Å²) in [7, 11) is 2.14. The molecule has 3 heteroatoms. The van der Waals surface area contributed by atoms with Crippen LogP contribution in [-0.4, -0.2) is 32.3 Å². The summed E-state index contributed by atoms with van der Waals surface area (Å²) < 4.78 is 5.87. The van der Waals surface area contributed by atoms with Gasteiger partial charge in [0.1, 0.15) is 5.75 Å². The van der Waals surface area contributed by atoms with Crippen molar-refractivity contribution in [2.75, 3.05) is 25.0 Å². The predicted molar refractivity (Wildman–Crippen MR) is 76.5 cm³/mol. The van der Waals surface area contributed by atoms with Gasteiger partial charge in [-0.2, -0.15) is 0 Å². The van der Waals surface area contributed by atoms with E-state index >= 15 is 0 Å². The molecule has 1 aromatic carbocycles. The van der Waals surface area contributed by atoms with Gasteiger partial charge in [-0.15, -0.1) is 0 Å². The Labute approximate surface area is 110 Å². The van der Waals surface area contributed by atoms with Gasteiger partial charge in [-0.3, -0.25) is 0 Å². The first kappa shape index (κ1) is 13.2. The highest BCUT2D eigenvalue weighted by Crippen LogP contribution is 2.28. The number of hydrogen-bond donors (Lipinski definition) is 1. The number of anilines is 1. The van der Waals surface area contributed by atoms with Crippen LogP contribution in [-0.2, 0) is 0 Å². The van der Waals surface area contributed by atoms with Gasteiger partial charge in [0, 0.05) is 19.6 Å². The van der Waals surface area contributed by atoms with E-state index in [1.54, 1.807) is 0 Å². The first-order chi connectivity index (χ1) is 8.66. The average molecular weight is 248 g/mol. The Morgan fingerprint density at radius 3 is 2.83 bits per heavy atom. The van der Waals surface area contributed by atoms with E-state index < -0.39 is 0 Å². The summed E-state index contributed by atoms with van der Waals surface area (Å²) in [5, 5.41) is 3.54. The normalized spacial score (nSPS) is 19.2. The highest BCUT2D eigenvalue weighted by molar-refractivity contribution is 5.58. The van der Waals surface area contributed by atoms with Crippen LogP contribution >= 0.6 is 0 Å². The lowest BCUT2D eigenvalue weighted by Gasteiger charge is -2.26. The molecule has 2 rings (SSSR count). The van der Waals surface area contributed by atoms with Crippen molar-refractivity contribution in [3.05, 3.63) is 24.3 Å². The van der Waals surface area contributed by atoms with E-state index in [2.05, 4.69) is 43.2 Å². The lowest BCUT2D eigenvalue weighted by molar-refractivity contribution is 0.243. The quantitative estimate of drug-likeness (QED) is 0.867. The lowest BCUT2D eigenvalue weighted by Crippen LogP contribution is -2.35. The molecule has 1 heterocycles. The van der Waals surface area contributed by atoms with Gasteiger partial charge in [-0.05, 0) is 45.4 Å². The van der Waals surface area contributed by atoms with Gasteiger partial charge in [-0.1, -0.05) is 12.1 Å². The molecule has 0 spiro atoms. The van der Waals surface area contributed by atoms with Crippen LogP contribution in [0.5, 0.6) is 5.75 Å². The Kier molecular flexibility index (Phi) is 4.48. The topological polar surface area (TPSA) is 24.5 Å². The Morgan fingerprint density at radius 2 is 2.17 bits per heavy atom. The molecule has 0 amide bonds. The van der Waals surface area contributed by atoms with Crippen molar-refractivity contribution in [1.29, 1.82) is 0 Å². The number of hydrogen-bond acceptors (Lipinski definition) is 3.